The highest BCUT2D eigenvalue weighted by molar-refractivity contribution is 6.06. The van der Waals surface area contributed by atoms with Crippen LogP contribution in [0.3, 0.4) is 0 Å². The van der Waals surface area contributed by atoms with Gasteiger partial charge >= 0.3 is 0 Å². The summed E-state index contributed by atoms with van der Waals surface area (Å²) in [4.78, 5) is 0. The molecule has 3 nitrogen and oxygen atoms in total. The Bertz CT molecular complexity index is 468. The summed E-state index contributed by atoms with van der Waals surface area (Å²) < 4.78 is 1.98. The van der Waals surface area contributed by atoms with Gasteiger partial charge in [-0.05, 0) is 12.1 Å². The molecular weight excluding hydrogens is 162 g/mol. The van der Waals surface area contributed by atoms with Crippen LogP contribution in [0.5, 0.6) is 0 Å². The highest BCUT2D eigenvalue weighted by Crippen LogP contribution is 2.18. The van der Waals surface area contributed by atoms with Crippen molar-refractivity contribution in [2.24, 2.45) is 12.8 Å². The van der Waals surface area contributed by atoms with Gasteiger partial charge in [-0.1, -0.05) is 12.1 Å². The molecule has 0 bridgehead atoms. The SMILES string of the molecule is Cn1ccc2cccc(C(=N)N)c21. The number of hydrogen-bond donors (Lipinski definition) is 2. The molecule has 2 aromatic rings. The van der Waals surface area contributed by atoms with Crippen molar-refractivity contribution in [1.82, 2.24) is 4.57 Å². The molecule has 0 amide bonds. The van der Waals surface area contributed by atoms with Crippen molar-refractivity contribution in [2.75, 3.05) is 0 Å². The Morgan fingerprint density at radius 2 is 2.15 bits per heavy atom. The van der Waals surface area contributed by atoms with Crippen molar-refractivity contribution in [3.63, 3.8) is 0 Å². The Hall–Kier alpha value is -1.77. The molecule has 2 rings (SSSR count). The van der Waals surface area contributed by atoms with Gasteiger partial charge in [-0.3, -0.25) is 5.41 Å². The standard InChI is InChI=1S/C10H11N3/c1-13-6-5-7-3-2-4-8(9(7)13)10(11)12/h2-6H,1H3,(H3,11,12). The van der Waals surface area contributed by atoms with Crippen LogP contribution in [0.2, 0.25) is 0 Å². The lowest BCUT2D eigenvalue weighted by molar-refractivity contribution is 0.967. The average Bonchev–Trinajstić information content (AvgIpc) is 2.48. The van der Waals surface area contributed by atoms with E-state index < -0.39 is 0 Å². The van der Waals surface area contributed by atoms with Gasteiger partial charge in [-0.25, -0.2) is 0 Å². The molecule has 0 saturated heterocycles. The van der Waals surface area contributed by atoms with Crippen molar-refractivity contribution in [3.8, 4) is 0 Å². The van der Waals surface area contributed by atoms with Crippen LogP contribution >= 0.6 is 0 Å². The van der Waals surface area contributed by atoms with E-state index >= 15 is 0 Å². The molecule has 66 valence electrons. The summed E-state index contributed by atoms with van der Waals surface area (Å²) in [7, 11) is 1.95. The van der Waals surface area contributed by atoms with Crippen LogP contribution in [-0.4, -0.2) is 10.4 Å². The van der Waals surface area contributed by atoms with Crippen LogP contribution in [0.1, 0.15) is 5.56 Å². The van der Waals surface area contributed by atoms with E-state index in [1.54, 1.807) is 0 Å². The third-order valence-electron chi connectivity index (χ3n) is 2.19. The van der Waals surface area contributed by atoms with Crippen molar-refractivity contribution in [2.45, 2.75) is 0 Å². The van der Waals surface area contributed by atoms with E-state index in [2.05, 4.69) is 0 Å². The van der Waals surface area contributed by atoms with Crippen LogP contribution < -0.4 is 5.73 Å². The molecule has 3 N–H and O–H groups in total. The molecule has 1 aromatic heterocycles. The minimum atomic E-state index is 0.118. The van der Waals surface area contributed by atoms with E-state index in [1.165, 1.54) is 0 Å². The second kappa shape index (κ2) is 2.62. The minimum absolute atomic E-state index is 0.118. The fourth-order valence-electron chi connectivity index (χ4n) is 1.57. The number of benzene rings is 1. The van der Waals surface area contributed by atoms with Gasteiger partial charge in [0, 0.05) is 24.2 Å². The predicted molar refractivity (Wildman–Crippen MR) is 53.9 cm³/mol. The lowest BCUT2D eigenvalue weighted by Crippen LogP contribution is -2.12. The number of hydrogen-bond acceptors (Lipinski definition) is 1. The average molecular weight is 173 g/mol. The fraction of sp³-hybridized carbons (Fsp3) is 0.100. The molecule has 1 heterocycles. The number of amidine groups is 1. The molecule has 1 aromatic carbocycles. The van der Waals surface area contributed by atoms with Gasteiger partial charge in [-0.2, -0.15) is 0 Å². The maximum absolute atomic E-state index is 7.42. The first-order valence-electron chi connectivity index (χ1n) is 4.08. The van der Waals surface area contributed by atoms with Crippen LogP contribution in [0.15, 0.2) is 30.5 Å². The zero-order valence-corrected chi connectivity index (χ0v) is 7.41. The smallest absolute Gasteiger partial charge is 0.124 e. The molecule has 0 aliphatic rings. The summed E-state index contributed by atoms with van der Waals surface area (Å²) in [5, 5.41) is 8.54. The normalized spacial score (nSPS) is 10.5. The third kappa shape index (κ3) is 1.09. The molecule has 0 saturated carbocycles. The Morgan fingerprint density at radius 3 is 2.85 bits per heavy atom. The molecule has 3 heteroatoms. The van der Waals surface area contributed by atoms with Gasteiger partial charge in [0.05, 0.1) is 5.52 Å². The molecule has 0 unspecified atom stereocenters. The lowest BCUT2D eigenvalue weighted by Gasteiger charge is -2.03. The Kier molecular flexibility index (Phi) is 1.59. The maximum atomic E-state index is 7.42. The predicted octanol–water partition coefficient (Wildman–Crippen LogP) is 1.46. The zero-order chi connectivity index (χ0) is 9.42. The maximum Gasteiger partial charge on any atom is 0.124 e. The minimum Gasteiger partial charge on any atom is -0.384 e. The quantitative estimate of drug-likeness (QED) is 0.498. The number of nitrogens with two attached hydrogens (primary N) is 1. The molecule has 0 fully saturated rings. The molecule has 0 aliphatic carbocycles. The van der Waals surface area contributed by atoms with Gasteiger partial charge in [0.15, 0.2) is 0 Å². The van der Waals surface area contributed by atoms with E-state index in [1.807, 2.05) is 42.1 Å². The van der Waals surface area contributed by atoms with E-state index in [0.717, 1.165) is 16.5 Å². The molecule has 0 radical (unpaired) electrons. The third-order valence-corrected chi connectivity index (χ3v) is 2.19. The second-order valence-corrected chi connectivity index (χ2v) is 3.08. The number of aryl methyl sites for hydroxylation is 1. The van der Waals surface area contributed by atoms with Gasteiger partial charge in [0.2, 0.25) is 0 Å². The zero-order valence-electron chi connectivity index (χ0n) is 7.41. The van der Waals surface area contributed by atoms with Crippen molar-refractivity contribution in [3.05, 3.63) is 36.0 Å². The van der Waals surface area contributed by atoms with E-state index in [9.17, 15) is 0 Å². The van der Waals surface area contributed by atoms with E-state index in [-0.39, 0.29) is 5.84 Å². The monoisotopic (exact) mass is 173 g/mol. The summed E-state index contributed by atoms with van der Waals surface area (Å²) in [6, 6.07) is 7.81. The fourth-order valence-corrected chi connectivity index (χ4v) is 1.57. The largest absolute Gasteiger partial charge is 0.384 e. The first-order chi connectivity index (χ1) is 6.20. The van der Waals surface area contributed by atoms with Crippen LogP contribution in [0, 0.1) is 5.41 Å². The van der Waals surface area contributed by atoms with E-state index in [4.69, 9.17) is 11.1 Å². The molecule has 13 heavy (non-hydrogen) atoms. The van der Waals surface area contributed by atoms with Gasteiger partial charge in [-0.15, -0.1) is 0 Å². The number of aromatic nitrogens is 1. The number of nitrogens with one attached hydrogen (secondary N) is 1. The Balaban J connectivity index is 2.88. The summed E-state index contributed by atoms with van der Waals surface area (Å²) >= 11 is 0. The second-order valence-electron chi connectivity index (χ2n) is 3.08. The van der Waals surface area contributed by atoms with Crippen molar-refractivity contribution >= 4 is 16.7 Å². The Labute approximate surface area is 76.3 Å². The van der Waals surface area contributed by atoms with Gasteiger partial charge < -0.3 is 10.3 Å². The van der Waals surface area contributed by atoms with Crippen LogP contribution in [0.25, 0.3) is 10.9 Å². The van der Waals surface area contributed by atoms with Crippen molar-refractivity contribution in [1.29, 1.82) is 5.41 Å². The van der Waals surface area contributed by atoms with Gasteiger partial charge in [0.1, 0.15) is 5.84 Å². The summed E-state index contributed by atoms with van der Waals surface area (Å²) in [6.45, 7) is 0. The molecule has 0 aliphatic heterocycles. The summed E-state index contributed by atoms with van der Waals surface area (Å²) in [5.41, 5.74) is 7.30. The number of fused-ring (bicyclic) bond motifs is 1. The molecule has 0 spiro atoms. The van der Waals surface area contributed by atoms with Gasteiger partial charge in [0.25, 0.3) is 0 Å². The number of nitrogens with zero attached hydrogens (tertiary/aromatic N) is 1. The molecule has 0 atom stereocenters. The number of rotatable bonds is 1. The van der Waals surface area contributed by atoms with E-state index in [0.29, 0.717) is 0 Å². The summed E-state index contributed by atoms with van der Waals surface area (Å²) in [6.07, 6.45) is 1.97. The summed E-state index contributed by atoms with van der Waals surface area (Å²) in [5.74, 6) is 0.118. The highest BCUT2D eigenvalue weighted by atomic mass is 14.9. The first kappa shape index (κ1) is 7.86. The van der Waals surface area contributed by atoms with Crippen molar-refractivity contribution < 1.29 is 0 Å². The van der Waals surface area contributed by atoms with Crippen LogP contribution in [0.4, 0.5) is 0 Å². The highest BCUT2D eigenvalue weighted by Gasteiger charge is 2.05. The lowest BCUT2D eigenvalue weighted by atomic mass is 10.1. The molecular formula is C10H11N3. The number of nitrogen functional groups attached to an aromatic ring is 1. The topological polar surface area (TPSA) is 54.8 Å². The first-order valence-corrected chi connectivity index (χ1v) is 4.08. The Morgan fingerprint density at radius 1 is 1.38 bits per heavy atom. The number of para-hydroxylation sites is 1. The van der Waals surface area contributed by atoms with Crippen LogP contribution in [-0.2, 0) is 7.05 Å².